The zero-order chi connectivity index (χ0) is 9.98. The summed E-state index contributed by atoms with van der Waals surface area (Å²) < 4.78 is 0. The fourth-order valence-electron chi connectivity index (χ4n) is 0.235. The number of hydrogen-bond acceptors (Lipinski definition) is 4. The first-order valence-electron chi connectivity index (χ1n) is 3.76. The van der Waals surface area contributed by atoms with Gasteiger partial charge in [-0.1, -0.05) is 13.8 Å². The molecule has 72 valence electrons. The molecule has 4 heteroatoms. The molecule has 1 atom stereocenters. The average Bonchev–Trinajstić information content (AvgIpc) is 2.04. The molecule has 0 amide bonds. The van der Waals surface area contributed by atoms with Crippen molar-refractivity contribution in [1.82, 2.24) is 0 Å². The average molecular weight is 176 g/mol. The number of rotatable bonds is 4. The lowest BCUT2D eigenvalue weighted by atomic mass is 10.2. The van der Waals surface area contributed by atoms with Gasteiger partial charge in [0.1, 0.15) is 12.4 Å². The molecule has 12 heavy (non-hydrogen) atoms. The van der Waals surface area contributed by atoms with Gasteiger partial charge in [-0.25, -0.2) is 0 Å². The molecule has 0 fully saturated rings. The summed E-state index contributed by atoms with van der Waals surface area (Å²) in [5, 5.41) is 15.9. The van der Waals surface area contributed by atoms with Crippen molar-refractivity contribution in [3.8, 4) is 0 Å². The highest BCUT2D eigenvalue weighted by molar-refractivity contribution is 5.55. The number of carbonyl (C=O) groups excluding carboxylic acids is 2. The molecule has 0 heterocycles. The smallest absolute Gasteiger partial charge is 0.150 e. The van der Waals surface area contributed by atoms with Gasteiger partial charge in [-0.05, 0) is 5.92 Å². The van der Waals surface area contributed by atoms with Gasteiger partial charge < -0.3 is 19.8 Å². The van der Waals surface area contributed by atoms with Crippen molar-refractivity contribution >= 4 is 12.6 Å². The summed E-state index contributed by atoms with van der Waals surface area (Å²) in [6.45, 7) is 3.56. The minimum absolute atomic E-state index is 0.278. The Morgan fingerprint density at radius 3 is 1.83 bits per heavy atom. The topological polar surface area (TPSA) is 74.6 Å². The third-order valence-corrected chi connectivity index (χ3v) is 0.912. The summed E-state index contributed by atoms with van der Waals surface area (Å²) in [7, 11) is 0. The lowest BCUT2D eigenvalue weighted by molar-refractivity contribution is -0.116. The molecule has 0 aromatic rings. The number of aliphatic hydroxyl groups is 2. The standard InChI is InChI=1S/C5H10O.C3H6O3/c1-5(2)3-4-6;4-1-3(6)2-5/h4-5H,3H2,1-2H3;1,3,5-6H,2H2. The Kier molecular flexibility index (Phi) is 11.8. The van der Waals surface area contributed by atoms with E-state index in [1.807, 2.05) is 13.8 Å². The second-order valence-corrected chi connectivity index (χ2v) is 2.68. The minimum atomic E-state index is -1.19. The molecule has 2 N–H and O–H groups in total. The normalized spacial score (nSPS) is 11.4. The maximum Gasteiger partial charge on any atom is 0.150 e. The molecule has 0 radical (unpaired) electrons. The summed E-state index contributed by atoms with van der Waals surface area (Å²) in [6.07, 6.45) is 0.731. The Morgan fingerprint density at radius 2 is 1.83 bits per heavy atom. The Morgan fingerprint density at radius 1 is 1.33 bits per heavy atom. The van der Waals surface area contributed by atoms with Crippen LogP contribution in [0.1, 0.15) is 20.3 Å². The minimum Gasteiger partial charge on any atom is -0.393 e. The van der Waals surface area contributed by atoms with Crippen molar-refractivity contribution in [3.63, 3.8) is 0 Å². The summed E-state index contributed by atoms with van der Waals surface area (Å²) in [5.41, 5.74) is 0. The highest BCUT2D eigenvalue weighted by Gasteiger charge is 1.92. The maximum absolute atomic E-state index is 9.62. The van der Waals surface area contributed by atoms with Crippen molar-refractivity contribution in [2.75, 3.05) is 6.61 Å². The summed E-state index contributed by atoms with van der Waals surface area (Å²) >= 11 is 0. The van der Waals surface area contributed by atoms with E-state index in [0.717, 1.165) is 6.29 Å². The van der Waals surface area contributed by atoms with Crippen molar-refractivity contribution in [3.05, 3.63) is 0 Å². The third kappa shape index (κ3) is 16.1. The number of hydrogen-bond donors (Lipinski definition) is 2. The van der Waals surface area contributed by atoms with Crippen LogP contribution in [-0.4, -0.2) is 35.5 Å². The highest BCUT2D eigenvalue weighted by Crippen LogP contribution is 1.92. The maximum atomic E-state index is 9.62. The molecular formula is C8H16O4. The van der Waals surface area contributed by atoms with Gasteiger partial charge in [0, 0.05) is 6.42 Å². The van der Waals surface area contributed by atoms with Crippen LogP contribution < -0.4 is 0 Å². The highest BCUT2D eigenvalue weighted by atomic mass is 16.3. The van der Waals surface area contributed by atoms with Gasteiger partial charge in [-0.2, -0.15) is 0 Å². The molecule has 0 bridgehead atoms. The Bertz CT molecular complexity index is 112. The van der Waals surface area contributed by atoms with Gasteiger partial charge in [-0.3, -0.25) is 0 Å². The van der Waals surface area contributed by atoms with Crippen molar-refractivity contribution in [2.45, 2.75) is 26.4 Å². The van der Waals surface area contributed by atoms with Crippen LogP contribution in [0.25, 0.3) is 0 Å². The zero-order valence-corrected chi connectivity index (χ0v) is 7.43. The molecule has 0 saturated carbocycles. The van der Waals surface area contributed by atoms with E-state index in [4.69, 9.17) is 10.2 Å². The van der Waals surface area contributed by atoms with Crippen LogP contribution in [-0.2, 0) is 9.59 Å². The molecule has 0 spiro atoms. The van der Waals surface area contributed by atoms with Gasteiger partial charge in [0.15, 0.2) is 6.29 Å². The van der Waals surface area contributed by atoms with Crippen LogP contribution in [0.5, 0.6) is 0 Å². The predicted octanol–water partition coefficient (Wildman–Crippen LogP) is -0.230. The van der Waals surface area contributed by atoms with Crippen molar-refractivity contribution in [1.29, 1.82) is 0 Å². The first-order chi connectivity index (χ1) is 5.58. The van der Waals surface area contributed by atoms with Crippen LogP contribution in [0.3, 0.4) is 0 Å². The number of carbonyl (C=O) groups is 2. The second-order valence-electron chi connectivity index (χ2n) is 2.68. The van der Waals surface area contributed by atoms with E-state index in [1.54, 1.807) is 0 Å². The molecule has 0 saturated heterocycles. The first kappa shape index (κ1) is 13.8. The molecule has 0 rings (SSSR count). The Hall–Kier alpha value is -0.740. The first-order valence-corrected chi connectivity index (χ1v) is 3.76. The molecule has 0 aromatic carbocycles. The fraction of sp³-hybridized carbons (Fsp3) is 0.750. The SMILES string of the molecule is CC(C)CC=O.O=CC(O)CO. The molecule has 0 aromatic heterocycles. The van der Waals surface area contributed by atoms with Crippen molar-refractivity contribution in [2.24, 2.45) is 5.92 Å². The molecule has 0 aliphatic rings. The molecule has 0 aliphatic heterocycles. The predicted molar refractivity (Wildman–Crippen MR) is 44.7 cm³/mol. The monoisotopic (exact) mass is 176 g/mol. The summed E-state index contributed by atoms with van der Waals surface area (Å²) in [4.78, 5) is 18.9. The van der Waals surface area contributed by atoms with Crippen LogP contribution in [0.4, 0.5) is 0 Å². The van der Waals surface area contributed by atoms with Gasteiger partial charge in [0.25, 0.3) is 0 Å². The van der Waals surface area contributed by atoms with E-state index in [0.29, 0.717) is 12.3 Å². The molecule has 1 unspecified atom stereocenters. The molecular weight excluding hydrogens is 160 g/mol. The van der Waals surface area contributed by atoms with E-state index in [1.165, 1.54) is 0 Å². The summed E-state index contributed by atoms with van der Waals surface area (Å²) in [5.74, 6) is 0.530. The van der Waals surface area contributed by atoms with Crippen molar-refractivity contribution < 1.29 is 19.8 Å². The van der Waals surface area contributed by atoms with Gasteiger partial charge in [-0.15, -0.1) is 0 Å². The second kappa shape index (κ2) is 10.3. The Balaban J connectivity index is 0. The van der Waals surface area contributed by atoms with E-state index < -0.39 is 12.7 Å². The van der Waals surface area contributed by atoms with Crippen LogP contribution in [0.2, 0.25) is 0 Å². The van der Waals surface area contributed by atoms with E-state index in [-0.39, 0.29) is 6.29 Å². The van der Waals surface area contributed by atoms with Crippen LogP contribution in [0.15, 0.2) is 0 Å². The lowest BCUT2D eigenvalue weighted by Gasteiger charge is -1.89. The van der Waals surface area contributed by atoms with Crippen LogP contribution in [0, 0.1) is 5.92 Å². The van der Waals surface area contributed by atoms with E-state index in [9.17, 15) is 9.59 Å². The number of aliphatic hydroxyl groups excluding tert-OH is 2. The molecule has 0 aliphatic carbocycles. The van der Waals surface area contributed by atoms with Gasteiger partial charge in [0.05, 0.1) is 6.61 Å². The Labute approximate surface area is 72.2 Å². The lowest BCUT2D eigenvalue weighted by Crippen LogP contribution is -2.12. The fourth-order valence-corrected chi connectivity index (χ4v) is 0.235. The van der Waals surface area contributed by atoms with Gasteiger partial charge in [0.2, 0.25) is 0 Å². The third-order valence-electron chi connectivity index (χ3n) is 0.912. The largest absolute Gasteiger partial charge is 0.393 e. The quantitative estimate of drug-likeness (QED) is 0.580. The summed E-state index contributed by atoms with van der Waals surface area (Å²) in [6, 6.07) is 0. The van der Waals surface area contributed by atoms with E-state index >= 15 is 0 Å². The zero-order valence-electron chi connectivity index (χ0n) is 7.43. The van der Waals surface area contributed by atoms with E-state index in [2.05, 4.69) is 0 Å². The number of aldehydes is 2. The van der Waals surface area contributed by atoms with Gasteiger partial charge >= 0.3 is 0 Å². The van der Waals surface area contributed by atoms with Crippen LogP contribution >= 0.6 is 0 Å². The molecule has 4 nitrogen and oxygen atoms in total.